The number of anilines is 1. The van der Waals surface area contributed by atoms with Crippen LogP contribution in [0.25, 0.3) is 0 Å². The number of rotatable bonds is 6. The van der Waals surface area contributed by atoms with Gasteiger partial charge in [0.2, 0.25) is 0 Å². The summed E-state index contributed by atoms with van der Waals surface area (Å²) in [6.45, 7) is 7.45. The predicted molar refractivity (Wildman–Crippen MR) is 79.4 cm³/mol. The van der Waals surface area contributed by atoms with E-state index in [4.69, 9.17) is 0 Å². The second-order valence-electron chi connectivity index (χ2n) is 4.97. The summed E-state index contributed by atoms with van der Waals surface area (Å²) < 4.78 is 0. The minimum absolute atomic E-state index is 0.724. The van der Waals surface area contributed by atoms with Crippen molar-refractivity contribution in [3.63, 3.8) is 0 Å². The molecule has 1 fully saturated rings. The molecule has 102 valence electrons. The fraction of sp³-hybridized carbons (Fsp3) is 0.786. The maximum atomic E-state index is 4.62. The number of thiazole rings is 1. The lowest BCUT2D eigenvalue weighted by atomic mass is 9.94. The maximum absolute atomic E-state index is 4.62. The van der Waals surface area contributed by atoms with Gasteiger partial charge in [-0.2, -0.15) is 0 Å². The molecular formula is C14H25N3S. The molecule has 0 bridgehead atoms. The first kappa shape index (κ1) is 13.8. The van der Waals surface area contributed by atoms with Gasteiger partial charge in [-0.3, -0.25) is 0 Å². The van der Waals surface area contributed by atoms with Crippen molar-refractivity contribution in [1.29, 1.82) is 0 Å². The number of hydrogen-bond donors (Lipinski definition) is 1. The van der Waals surface area contributed by atoms with E-state index in [-0.39, 0.29) is 0 Å². The molecule has 18 heavy (non-hydrogen) atoms. The van der Waals surface area contributed by atoms with Crippen molar-refractivity contribution >= 4 is 16.5 Å². The fourth-order valence-electron chi connectivity index (χ4n) is 2.70. The van der Waals surface area contributed by atoms with Gasteiger partial charge in [-0.25, -0.2) is 4.98 Å². The van der Waals surface area contributed by atoms with E-state index in [1.54, 1.807) is 0 Å². The Kier molecular flexibility index (Phi) is 5.45. The fourth-order valence-corrected chi connectivity index (χ4v) is 3.72. The van der Waals surface area contributed by atoms with Gasteiger partial charge in [-0.15, -0.1) is 11.3 Å². The summed E-state index contributed by atoms with van der Waals surface area (Å²) in [6.07, 6.45) is 8.91. The minimum Gasteiger partial charge on any atom is -0.345 e. The molecule has 1 aliphatic rings. The topological polar surface area (TPSA) is 28.2 Å². The molecule has 1 saturated carbocycles. The first-order valence-electron chi connectivity index (χ1n) is 7.27. The molecule has 0 amide bonds. The van der Waals surface area contributed by atoms with Gasteiger partial charge in [0, 0.05) is 30.2 Å². The molecule has 0 aliphatic heterocycles. The van der Waals surface area contributed by atoms with Crippen LogP contribution in [0.2, 0.25) is 0 Å². The zero-order chi connectivity index (χ0) is 12.8. The van der Waals surface area contributed by atoms with Crippen molar-refractivity contribution in [2.75, 3.05) is 18.0 Å². The standard InChI is InChI=1S/C14H25N3S/c1-3-15-10-13-11-16-14(18-13)17(4-2)12-8-6-5-7-9-12/h11-12,15H,3-10H2,1-2H3. The van der Waals surface area contributed by atoms with Gasteiger partial charge in [0.25, 0.3) is 0 Å². The maximum Gasteiger partial charge on any atom is 0.185 e. The van der Waals surface area contributed by atoms with E-state index in [0.29, 0.717) is 0 Å². The van der Waals surface area contributed by atoms with Crippen LogP contribution >= 0.6 is 11.3 Å². The van der Waals surface area contributed by atoms with E-state index in [1.165, 1.54) is 42.1 Å². The quantitative estimate of drug-likeness (QED) is 0.856. The molecule has 0 radical (unpaired) electrons. The van der Waals surface area contributed by atoms with Crippen LogP contribution in [0.5, 0.6) is 0 Å². The van der Waals surface area contributed by atoms with Crippen molar-refractivity contribution in [2.24, 2.45) is 0 Å². The second-order valence-corrected chi connectivity index (χ2v) is 6.06. The molecule has 1 aliphatic carbocycles. The normalized spacial score (nSPS) is 17.0. The van der Waals surface area contributed by atoms with Crippen LogP contribution in [0.1, 0.15) is 50.8 Å². The molecule has 4 heteroatoms. The summed E-state index contributed by atoms with van der Waals surface area (Å²) in [5.41, 5.74) is 0. The average molecular weight is 267 g/mol. The highest BCUT2D eigenvalue weighted by molar-refractivity contribution is 7.15. The highest BCUT2D eigenvalue weighted by atomic mass is 32.1. The minimum atomic E-state index is 0.724. The van der Waals surface area contributed by atoms with Crippen LogP contribution in [0.15, 0.2) is 6.20 Å². The predicted octanol–water partition coefficient (Wildman–Crippen LogP) is 3.41. The zero-order valence-corrected chi connectivity index (χ0v) is 12.4. The smallest absolute Gasteiger partial charge is 0.185 e. The van der Waals surface area contributed by atoms with E-state index in [1.807, 2.05) is 17.5 Å². The van der Waals surface area contributed by atoms with Gasteiger partial charge in [-0.1, -0.05) is 26.2 Å². The Balaban J connectivity index is 1.99. The molecule has 0 spiro atoms. The van der Waals surface area contributed by atoms with E-state index < -0.39 is 0 Å². The molecule has 2 rings (SSSR count). The van der Waals surface area contributed by atoms with Crippen LogP contribution in [0.4, 0.5) is 5.13 Å². The molecule has 1 heterocycles. The van der Waals surface area contributed by atoms with Crippen LogP contribution in [0, 0.1) is 0 Å². The molecular weight excluding hydrogens is 242 g/mol. The third kappa shape index (κ3) is 3.45. The van der Waals surface area contributed by atoms with E-state index in [9.17, 15) is 0 Å². The Morgan fingerprint density at radius 3 is 2.78 bits per heavy atom. The van der Waals surface area contributed by atoms with Gasteiger partial charge in [0.1, 0.15) is 0 Å². The van der Waals surface area contributed by atoms with Gasteiger partial charge in [0.15, 0.2) is 5.13 Å². The Morgan fingerprint density at radius 1 is 1.33 bits per heavy atom. The average Bonchev–Trinajstić information content (AvgIpc) is 2.87. The van der Waals surface area contributed by atoms with Gasteiger partial charge in [0.05, 0.1) is 0 Å². The van der Waals surface area contributed by atoms with Crippen molar-refractivity contribution in [2.45, 2.75) is 58.5 Å². The van der Waals surface area contributed by atoms with E-state index in [0.717, 1.165) is 25.7 Å². The molecule has 0 saturated heterocycles. The SMILES string of the molecule is CCNCc1cnc(N(CC)C2CCCCC2)s1. The molecule has 1 aromatic rings. The Labute approximate surface area is 115 Å². The Bertz CT molecular complexity index is 345. The lowest BCUT2D eigenvalue weighted by Gasteiger charge is -2.33. The van der Waals surface area contributed by atoms with Gasteiger partial charge in [-0.05, 0) is 26.3 Å². The van der Waals surface area contributed by atoms with Crippen molar-refractivity contribution in [1.82, 2.24) is 10.3 Å². The van der Waals surface area contributed by atoms with Gasteiger partial charge >= 0.3 is 0 Å². The summed E-state index contributed by atoms with van der Waals surface area (Å²) in [6, 6.07) is 0.724. The lowest BCUT2D eigenvalue weighted by molar-refractivity contribution is 0.418. The first-order chi connectivity index (χ1) is 8.85. The van der Waals surface area contributed by atoms with E-state index in [2.05, 4.69) is 29.0 Å². The second kappa shape index (κ2) is 7.10. The zero-order valence-electron chi connectivity index (χ0n) is 11.6. The Morgan fingerprint density at radius 2 is 2.11 bits per heavy atom. The highest BCUT2D eigenvalue weighted by Crippen LogP contribution is 2.30. The van der Waals surface area contributed by atoms with Crippen LogP contribution < -0.4 is 10.2 Å². The summed E-state index contributed by atoms with van der Waals surface area (Å²) >= 11 is 1.85. The third-order valence-corrected chi connectivity index (χ3v) is 4.73. The lowest BCUT2D eigenvalue weighted by Crippen LogP contribution is -2.36. The number of nitrogens with one attached hydrogen (secondary N) is 1. The van der Waals surface area contributed by atoms with Crippen LogP contribution in [-0.2, 0) is 6.54 Å². The molecule has 1 aromatic heterocycles. The Hall–Kier alpha value is -0.610. The molecule has 1 N–H and O–H groups in total. The largest absolute Gasteiger partial charge is 0.345 e. The summed E-state index contributed by atoms with van der Waals surface area (Å²) in [5, 5.41) is 4.59. The highest BCUT2D eigenvalue weighted by Gasteiger charge is 2.22. The van der Waals surface area contributed by atoms with Crippen LogP contribution in [0.3, 0.4) is 0 Å². The van der Waals surface area contributed by atoms with Crippen molar-refractivity contribution in [3.8, 4) is 0 Å². The van der Waals surface area contributed by atoms with E-state index >= 15 is 0 Å². The summed E-state index contributed by atoms with van der Waals surface area (Å²) in [4.78, 5) is 8.48. The number of nitrogens with zero attached hydrogens (tertiary/aromatic N) is 2. The molecule has 3 nitrogen and oxygen atoms in total. The van der Waals surface area contributed by atoms with Crippen molar-refractivity contribution < 1.29 is 0 Å². The monoisotopic (exact) mass is 267 g/mol. The number of hydrogen-bond acceptors (Lipinski definition) is 4. The summed E-state index contributed by atoms with van der Waals surface area (Å²) in [5.74, 6) is 0. The summed E-state index contributed by atoms with van der Waals surface area (Å²) in [7, 11) is 0. The van der Waals surface area contributed by atoms with Crippen molar-refractivity contribution in [3.05, 3.63) is 11.1 Å². The van der Waals surface area contributed by atoms with Gasteiger partial charge < -0.3 is 10.2 Å². The molecule has 0 unspecified atom stereocenters. The third-order valence-electron chi connectivity index (χ3n) is 3.69. The molecule has 0 atom stereocenters. The molecule has 0 aromatic carbocycles. The van der Waals surface area contributed by atoms with Crippen LogP contribution in [-0.4, -0.2) is 24.1 Å². The first-order valence-corrected chi connectivity index (χ1v) is 8.08. The number of aromatic nitrogens is 1.